The van der Waals surface area contributed by atoms with Crippen molar-refractivity contribution in [1.29, 1.82) is 0 Å². The smallest absolute Gasteiger partial charge is 0.194 e. The Bertz CT molecular complexity index is 2110. The van der Waals surface area contributed by atoms with Gasteiger partial charge in [-0.1, -0.05) is 0 Å². The topological polar surface area (TPSA) is 306 Å². The fourth-order valence-corrected chi connectivity index (χ4v) is 6.40. The van der Waals surface area contributed by atoms with Gasteiger partial charge in [-0.25, -0.2) is 0 Å². The molecule has 0 amide bonds. The summed E-state index contributed by atoms with van der Waals surface area (Å²) in [6.07, 6.45) is 5.76. The average molecular weight is 1090 g/mol. The molecule has 292 valence electrons. The Balaban J connectivity index is 0. The molecule has 6 aromatic heterocycles. The number of pyridine rings is 2. The van der Waals surface area contributed by atoms with E-state index in [1.807, 2.05) is 0 Å². The lowest BCUT2D eigenvalue weighted by molar-refractivity contribution is -0.606. The third-order valence-corrected chi connectivity index (χ3v) is 7.59. The van der Waals surface area contributed by atoms with Crippen LogP contribution in [0.2, 0.25) is 0 Å². The second-order valence-corrected chi connectivity index (χ2v) is 14.9. The number of nitrogens with one attached hydrogen (secondary N) is 12. The van der Waals surface area contributed by atoms with Crippen molar-refractivity contribution >= 4 is 178 Å². The highest BCUT2D eigenvalue weighted by Gasteiger charge is 1.88. The first kappa shape index (κ1) is 53.6. The zero-order valence-corrected chi connectivity index (χ0v) is 39.0. The Hall–Kier alpha value is -2.54. The van der Waals surface area contributed by atoms with Crippen LogP contribution in [0.25, 0.3) is 0 Å². The van der Waals surface area contributed by atoms with Crippen LogP contribution in [-0.4, -0.2) is 70.8 Å². The molecule has 0 saturated carbocycles. The number of hydrogen-bond donors (Lipinski definition) is 12. The van der Waals surface area contributed by atoms with E-state index in [2.05, 4.69) is 91.7 Å². The molecule has 16 N–H and O–H groups in total. The Morgan fingerprint density at radius 3 is 0.593 bits per heavy atom. The van der Waals surface area contributed by atoms with Crippen molar-refractivity contribution in [1.82, 2.24) is 59.8 Å². The van der Waals surface area contributed by atoms with E-state index in [1.54, 1.807) is 24.3 Å². The van der Waals surface area contributed by atoms with E-state index in [0.717, 1.165) is 18.4 Å². The first-order valence-corrected chi connectivity index (χ1v) is 19.2. The molecule has 0 aliphatic rings. The molecule has 32 heteroatoms. The molecule has 6 heterocycles. The summed E-state index contributed by atoms with van der Waals surface area (Å²) in [7, 11) is 0. The van der Waals surface area contributed by atoms with E-state index in [0.29, 0.717) is 57.3 Å². The van der Waals surface area contributed by atoms with Crippen molar-refractivity contribution in [3.63, 3.8) is 0 Å². The standard InChI is InChI=1S/2C5H4BrNO.4C3H3N3S3.2H2O/c2*6-5-2-1-3-7(8)4-5;4*7-1-4-2(8)6-3(9)5-1;;/h2*1-4H;4*(H3,4,5,6,7,8,9);2*1H2. The zero-order chi connectivity index (χ0) is 39.4. The largest absolute Gasteiger partial charge is 0.619 e. The molecular weight excluding hydrogens is 1070 g/mol. The van der Waals surface area contributed by atoms with Crippen molar-refractivity contribution in [2.75, 3.05) is 0 Å². The molecule has 54 heavy (non-hydrogen) atoms. The predicted octanol–water partition coefficient (Wildman–Crippen LogP) is 7.95. The van der Waals surface area contributed by atoms with Crippen LogP contribution in [0.15, 0.2) is 58.0 Å². The van der Waals surface area contributed by atoms with E-state index in [1.165, 1.54) is 24.8 Å². The van der Waals surface area contributed by atoms with Crippen molar-refractivity contribution < 1.29 is 20.4 Å². The van der Waals surface area contributed by atoms with Crippen LogP contribution < -0.4 is 9.46 Å². The Kier molecular flexibility index (Phi) is 28.6. The quantitative estimate of drug-likeness (QED) is 0.0390. The summed E-state index contributed by atoms with van der Waals surface area (Å²) >= 11 is 63.0. The van der Waals surface area contributed by atoms with Crippen LogP contribution in [0.3, 0.4) is 0 Å². The minimum Gasteiger partial charge on any atom is -0.619 e. The van der Waals surface area contributed by atoms with Crippen molar-refractivity contribution in [3.8, 4) is 0 Å². The number of rotatable bonds is 0. The first-order valence-electron chi connectivity index (χ1n) is 12.7. The second-order valence-electron chi connectivity index (χ2n) is 8.21. The Morgan fingerprint density at radius 2 is 0.500 bits per heavy atom. The maximum absolute atomic E-state index is 10.4. The average Bonchev–Trinajstić information content (AvgIpc) is 2.96. The molecule has 0 atom stereocenters. The number of aromatic nitrogens is 14. The van der Waals surface area contributed by atoms with Gasteiger partial charge in [0.1, 0.15) is 0 Å². The fraction of sp³-hybridized carbons (Fsp3) is 0. The summed E-state index contributed by atoms with van der Waals surface area (Å²) in [6.45, 7) is 0. The molecule has 0 aromatic carbocycles. The highest BCUT2D eigenvalue weighted by atomic mass is 79.9. The molecule has 0 bridgehead atoms. The minimum atomic E-state index is 0. The number of halogens is 2. The summed E-state index contributed by atoms with van der Waals surface area (Å²) in [5.74, 6) is 0. The van der Waals surface area contributed by atoms with Gasteiger partial charge in [0.05, 0.1) is 8.95 Å². The number of hydrogen-bond acceptors (Lipinski definition) is 14. The van der Waals surface area contributed by atoms with Crippen LogP contribution >= 0.6 is 178 Å². The highest BCUT2D eigenvalue weighted by Crippen LogP contribution is 2.02. The third-order valence-electron chi connectivity index (χ3n) is 4.20. The van der Waals surface area contributed by atoms with Crippen molar-refractivity contribution in [3.05, 3.63) is 126 Å². The maximum Gasteiger partial charge on any atom is 0.194 e. The highest BCUT2D eigenvalue weighted by molar-refractivity contribution is 9.10. The molecule has 0 spiro atoms. The Labute approximate surface area is 380 Å². The van der Waals surface area contributed by atoms with Crippen LogP contribution in [0, 0.1) is 67.7 Å². The third kappa shape index (κ3) is 27.1. The predicted molar refractivity (Wildman–Crippen MR) is 241 cm³/mol. The van der Waals surface area contributed by atoms with Gasteiger partial charge >= 0.3 is 0 Å². The minimum absolute atomic E-state index is 0. The van der Waals surface area contributed by atoms with Crippen molar-refractivity contribution in [2.24, 2.45) is 0 Å². The van der Waals surface area contributed by atoms with E-state index in [9.17, 15) is 10.4 Å². The molecule has 18 nitrogen and oxygen atoms in total. The zero-order valence-electron chi connectivity index (χ0n) is 26.0. The van der Waals surface area contributed by atoms with E-state index in [-0.39, 0.29) is 11.0 Å². The van der Waals surface area contributed by atoms with Gasteiger partial charge in [-0.05, 0) is 191 Å². The summed E-state index contributed by atoms with van der Waals surface area (Å²) in [4.78, 5) is 32.0. The molecule has 0 saturated heterocycles. The molecule has 6 rings (SSSR count). The molecule has 0 aliphatic carbocycles. The molecule has 6 aromatic rings. The molecule has 0 unspecified atom stereocenters. The van der Waals surface area contributed by atoms with Crippen molar-refractivity contribution in [2.45, 2.75) is 0 Å². The van der Waals surface area contributed by atoms with Gasteiger partial charge in [-0.15, -0.1) is 0 Å². The van der Waals surface area contributed by atoms with Gasteiger partial charge in [-0.3, -0.25) is 0 Å². The maximum atomic E-state index is 10.4. The SMILES string of the molecule is O.O.S=c1[nH]c(=S)[nH]c(=S)[nH]1.S=c1[nH]c(=S)[nH]c(=S)[nH]1.S=c1[nH]c(=S)[nH]c(=S)[nH]1.S=c1[nH]c(=S)[nH]c(=S)[nH]1.[O-][n+]1cccc(Br)c1.[O-][n+]1cccc(Br)c1. The van der Waals surface area contributed by atoms with Crippen LogP contribution in [-0.2, 0) is 0 Å². The normalized spacial score (nSPS) is 8.93. The molecule has 0 radical (unpaired) electrons. The fourth-order valence-electron chi connectivity index (χ4n) is 2.47. The van der Waals surface area contributed by atoms with E-state index >= 15 is 0 Å². The van der Waals surface area contributed by atoms with Gasteiger partial charge in [0, 0.05) is 12.1 Å². The van der Waals surface area contributed by atoms with E-state index < -0.39 is 0 Å². The summed E-state index contributed by atoms with van der Waals surface area (Å²) in [5, 5.41) is 20.8. The van der Waals surface area contributed by atoms with Gasteiger partial charge < -0.3 is 81.2 Å². The number of H-pyrrole nitrogens is 12. The van der Waals surface area contributed by atoms with Crippen LogP contribution in [0.1, 0.15) is 0 Å². The van der Waals surface area contributed by atoms with Gasteiger partial charge in [0.25, 0.3) is 0 Å². The van der Waals surface area contributed by atoms with Gasteiger partial charge in [-0.2, -0.15) is 9.46 Å². The first-order chi connectivity index (χ1) is 24.3. The van der Waals surface area contributed by atoms with Crippen LogP contribution in [0.4, 0.5) is 0 Å². The lowest BCUT2D eigenvalue weighted by atomic mass is 10.5. The molecule has 0 aliphatic heterocycles. The lowest BCUT2D eigenvalue weighted by Gasteiger charge is -1.91. The summed E-state index contributed by atoms with van der Waals surface area (Å²) in [5.41, 5.74) is 0. The molecular formula is C22H24Br2N14O4S12. The second kappa shape index (κ2) is 28.8. The number of aromatic amines is 12. The van der Waals surface area contributed by atoms with E-state index in [4.69, 9.17) is 147 Å². The Morgan fingerprint density at radius 1 is 0.352 bits per heavy atom. The summed E-state index contributed by atoms with van der Waals surface area (Å²) in [6, 6.07) is 6.96. The lowest BCUT2D eigenvalue weighted by Crippen LogP contribution is -2.23. The van der Waals surface area contributed by atoms with Crippen LogP contribution in [0.5, 0.6) is 0 Å². The van der Waals surface area contributed by atoms with Gasteiger partial charge in [0.2, 0.25) is 0 Å². The summed E-state index contributed by atoms with van der Waals surface area (Å²) < 4.78 is 8.46. The van der Waals surface area contributed by atoms with Gasteiger partial charge in [0.15, 0.2) is 82.0 Å². The monoisotopic (exact) mass is 1090 g/mol. The molecule has 0 fully saturated rings. The number of nitrogens with zero attached hydrogens (tertiary/aromatic N) is 2.